The van der Waals surface area contributed by atoms with Gasteiger partial charge in [0, 0.05) is 0 Å². The van der Waals surface area contributed by atoms with Crippen molar-refractivity contribution in [2.75, 3.05) is 6.61 Å². The summed E-state index contributed by atoms with van der Waals surface area (Å²) >= 11 is 0. The fraction of sp³-hybridized carbons (Fsp3) is 0.0909. The second kappa shape index (κ2) is 4.36. The number of aliphatic hydroxyl groups is 1. The van der Waals surface area contributed by atoms with Crippen LogP contribution in [0.25, 0.3) is 6.08 Å². The number of ether oxygens (including phenoxy) is 1. The molecular weight excluding hydrogens is 164 g/mol. The lowest BCUT2D eigenvalue weighted by molar-refractivity contribution is 0.272. The normalized spacial score (nSPS) is 9.23. The third-order valence-electron chi connectivity index (χ3n) is 1.52. The molecule has 0 spiro atoms. The van der Waals surface area contributed by atoms with Crippen LogP contribution in [0, 0.1) is 0 Å². The van der Waals surface area contributed by atoms with E-state index in [-0.39, 0.29) is 12.4 Å². The molecule has 0 fully saturated rings. The number of rotatable bonds is 4. The van der Waals surface area contributed by atoms with E-state index in [9.17, 15) is 0 Å². The molecule has 0 aliphatic rings. The van der Waals surface area contributed by atoms with Gasteiger partial charge in [-0.3, -0.25) is 0 Å². The number of hydrogen-bond donors (Lipinski definition) is 1. The van der Waals surface area contributed by atoms with Gasteiger partial charge in [-0.2, -0.15) is 0 Å². The minimum absolute atomic E-state index is 0.0211. The van der Waals surface area contributed by atoms with Gasteiger partial charge in [0.05, 0.1) is 0 Å². The van der Waals surface area contributed by atoms with Crippen LogP contribution in [0.4, 0.5) is 0 Å². The summed E-state index contributed by atoms with van der Waals surface area (Å²) in [4.78, 5) is 0. The summed E-state index contributed by atoms with van der Waals surface area (Å²) in [6.45, 7) is 7.09. The van der Waals surface area contributed by atoms with Gasteiger partial charge in [-0.05, 0) is 17.7 Å². The summed E-state index contributed by atoms with van der Waals surface area (Å²) in [6.07, 6.45) is 1.76. The highest BCUT2D eigenvalue weighted by Gasteiger charge is 1.93. The van der Waals surface area contributed by atoms with E-state index in [1.54, 1.807) is 6.08 Å². The highest BCUT2D eigenvalue weighted by Crippen LogP contribution is 2.12. The molecule has 2 nitrogen and oxygen atoms in total. The third kappa shape index (κ3) is 3.03. The summed E-state index contributed by atoms with van der Waals surface area (Å²) in [7, 11) is 0. The third-order valence-corrected chi connectivity index (χ3v) is 1.52. The highest BCUT2D eigenvalue weighted by molar-refractivity contribution is 5.48. The van der Waals surface area contributed by atoms with Crippen molar-refractivity contribution in [2.24, 2.45) is 0 Å². The van der Waals surface area contributed by atoms with E-state index in [1.165, 1.54) is 0 Å². The molecule has 1 aromatic carbocycles. The maximum atomic E-state index is 8.78. The molecule has 0 bridgehead atoms. The van der Waals surface area contributed by atoms with Gasteiger partial charge in [-0.25, -0.2) is 0 Å². The summed E-state index contributed by atoms with van der Waals surface area (Å²) in [6, 6.07) is 7.42. The molecule has 0 atom stereocenters. The van der Waals surface area contributed by atoms with Crippen LogP contribution in [-0.2, 0) is 0 Å². The van der Waals surface area contributed by atoms with Crippen molar-refractivity contribution in [3.8, 4) is 5.75 Å². The van der Waals surface area contributed by atoms with Crippen LogP contribution < -0.4 is 4.74 Å². The van der Waals surface area contributed by atoms with Crippen molar-refractivity contribution < 1.29 is 9.84 Å². The first kappa shape index (κ1) is 9.39. The Hall–Kier alpha value is -1.70. The molecule has 2 heteroatoms. The Labute approximate surface area is 77.8 Å². The molecule has 1 N–H and O–H groups in total. The first-order valence-corrected chi connectivity index (χ1v) is 3.94. The van der Waals surface area contributed by atoms with Crippen molar-refractivity contribution in [1.82, 2.24) is 0 Å². The molecule has 68 valence electrons. The number of aliphatic hydroxyl groups excluding tert-OH is 1. The second-order valence-corrected chi connectivity index (χ2v) is 2.63. The zero-order valence-corrected chi connectivity index (χ0v) is 7.36. The molecule has 0 radical (unpaired) electrons. The first-order chi connectivity index (χ1) is 6.22. The maximum Gasteiger partial charge on any atom is 0.144 e. The van der Waals surface area contributed by atoms with Crippen LogP contribution in [-0.4, -0.2) is 11.7 Å². The maximum absolute atomic E-state index is 8.78. The van der Waals surface area contributed by atoms with Gasteiger partial charge in [0.15, 0.2) is 0 Å². The molecule has 0 aliphatic heterocycles. The molecule has 1 aromatic rings. The lowest BCUT2D eigenvalue weighted by Gasteiger charge is -2.04. The Morgan fingerprint density at radius 3 is 2.46 bits per heavy atom. The molecule has 0 aromatic heterocycles. The van der Waals surface area contributed by atoms with Crippen LogP contribution in [0.2, 0.25) is 0 Å². The van der Waals surface area contributed by atoms with E-state index in [0.717, 1.165) is 5.56 Å². The molecule has 0 heterocycles. The number of hydrogen-bond acceptors (Lipinski definition) is 2. The molecule has 0 aliphatic carbocycles. The monoisotopic (exact) mass is 176 g/mol. The van der Waals surface area contributed by atoms with Gasteiger partial charge in [0.2, 0.25) is 0 Å². The lowest BCUT2D eigenvalue weighted by atomic mass is 10.2. The van der Waals surface area contributed by atoms with Gasteiger partial charge < -0.3 is 9.84 Å². The summed E-state index contributed by atoms with van der Waals surface area (Å²) in [5.74, 6) is 0.730. The summed E-state index contributed by atoms with van der Waals surface area (Å²) < 4.78 is 5.18. The largest absolute Gasteiger partial charge is 0.509 e. The van der Waals surface area contributed by atoms with E-state index in [1.807, 2.05) is 24.3 Å². The summed E-state index contributed by atoms with van der Waals surface area (Å²) in [5, 5.41) is 8.78. The standard InChI is InChI=1S/C11H12O2/c1-3-10-4-6-11(7-5-10)13-8-9(2)12/h3-7,12H,1-2,8H2. The van der Waals surface area contributed by atoms with E-state index >= 15 is 0 Å². The predicted molar refractivity (Wildman–Crippen MR) is 53.8 cm³/mol. The Morgan fingerprint density at radius 1 is 1.38 bits per heavy atom. The van der Waals surface area contributed by atoms with Gasteiger partial charge >= 0.3 is 0 Å². The van der Waals surface area contributed by atoms with Gasteiger partial charge in [-0.15, -0.1) is 0 Å². The first-order valence-electron chi connectivity index (χ1n) is 3.94. The highest BCUT2D eigenvalue weighted by atomic mass is 16.5. The van der Waals surface area contributed by atoms with Crippen LogP contribution in [0.5, 0.6) is 5.75 Å². The van der Waals surface area contributed by atoms with Crippen molar-refractivity contribution in [1.29, 1.82) is 0 Å². The Balaban J connectivity index is 2.59. The molecule has 1 rings (SSSR count). The van der Waals surface area contributed by atoms with Crippen molar-refractivity contribution >= 4 is 6.08 Å². The fourth-order valence-corrected chi connectivity index (χ4v) is 0.867. The zero-order chi connectivity index (χ0) is 9.68. The van der Waals surface area contributed by atoms with E-state index in [2.05, 4.69) is 13.2 Å². The topological polar surface area (TPSA) is 29.5 Å². The average Bonchev–Trinajstić information content (AvgIpc) is 2.15. The van der Waals surface area contributed by atoms with E-state index in [4.69, 9.17) is 9.84 Å². The molecule has 0 saturated carbocycles. The van der Waals surface area contributed by atoms with Gasteiger partial charge in [0.1, 0.15) is 18.1 Å². The zero-order valence-electron chi connectivity index (χ0n) is 7.36. The van der Waals surface area contributed by atoms with Crippen molar-refractivity contribution in [3.63, 3.8) is 0 Å². The van der Waals surface area contributed by atoms with E-state index < -0.39 is 0 Å². The number of benzene rings is 1. The molecule has 13 heavy (non-hydrogen) atoms. The SMILES string of the molecule is C=Cc1ccc(OCC(=C)O)cc1. The van der Waals surface area contributed by atoms with Gasteiger partial charge in [0.25, 0.3) is 0 Å². The summed E-state index contributed by atoms with van der Waals surface area (Å²) in [5.41, 5.74) is 1.04. The smallest absolute Gasteiger partial charge is 0.144 e. The molecule has 0 saturated heterocycles. The second-order valence-electron chi connectivity index (χ2n) is 2.63. The minimum Gasteiger partial charge on any atom is -0.509 e. The molecule has 0 amide bonds. The van der Waals surface area contributed by atoms with Gasteiger partial charge in [-0.1, -0.05) is 31.4 Å². The van der Waals surface area contributed by atoms with E-state index in [0.29, 0.717) is 5.75 Å². The average molecular weight is 176 g/mol. The quantitative estimate of drug-likeness (QED) is 0.715. The molecule has 0 unspecified atom stereocenters. The van der Waals surface area contributed by atoms with Crippen LogP contribution in [0.1, 0.15) is 5.56 Å². The Bertz CT molecular complexity index is 298. The Morgan fingerprint density at radius 2 is 2.00 bits per heavy atom. The van der Waals surface area contributed by atoms with Crippen LogP contribution in [0.3, 0.4) is 0 Å². The fourth-order valence-electron chi connectivity index (χ4n) is 0.867. The van der Waals surface area contributed by atoms with Crippen LogP contribution >= 0.6 is 0 Å². The molecular formula is C11H12O2. The van der Waals surface area contributed by atoms with Crippen LogP contribution in [0.15, 0.2) is 43.2 Å². The Kier molecular flexibility index (Phi) is 3.15. The minimum atomic E-state index is 0.0211. The lowest BCUT2D eigenvalue weighted by Crippen LogP contribution is -1.98. The van der Waals surface area contributed by atoms with Crippen molar-refractivity contribution in [2.45, 2.75) is 0 Å². The van der Waals surface area contributed by atoms with Crippen molar-refractivity contribution in [3.05, 3.63) is 48.7 Å². The predicted octanol–water partition coefficient (Wildman–Crippen LogP) is 2.78.